The lowest BCUT2D eigenvalue weighted by Gasteiger charge is -2.13. The number of ether oxygens (including phenoxy) is 1. The summed E-state index contributed by atoms with van der Waals surface area (Å²) in [5.41, 5.74) is 0. The minimum atomic E-state index is 0.0214. The molecule has 0 bridgehead atoms. The van der Waals surface area contributed by atoms with Gasteiger partial charge in [0, 0.05) is 6.42 Å². The molecule has 0 rings (SSSR count). The minimum Gasteiger partial charge on any atom is -0.463 e. The topological polar surface area (TPSA) is 26.3 Å². The van der Waals surface area contributed by atoms with Crippen molar-refractivity contribution in [1.29, 1.82) is 0 Å². The van der Waals surface area contributed by atoms with Crippen molar-refractivity contribution in [3.8, 4) is 0 Å². The first kappa shape index (κ1) is 32.5. The summed E-state index contributed by atoms with van der Waals surface area (Å²) >= 11 is 0. The van der Waals surface area contributed by atoms with E-state index in [2.05, 4.69) is 20.8 Å². The number of carbonyl (C=O) groups excluding carboxylic acids is 1. The number of hydrogen-bond donors (Lipinski definition) is 0. The second-order valence-corrected chi connectivity index (χ2v) is 10.6. The standard InChI is InChI=1S/C31H62O2/c1-4-6-8-10-12-14-15-16-17-18-19-21-23-25-27-29-31(32)33-30(3)28-26-24-22-20-13-11-9-7-5-2/h30H,4-29H2,1-3H3. The Morgan fingerprint density at radius 3 is 1.15 bits per heavy atom. The van der Waals surface area contributed by atoms with Gasteiger partial charge in [0.05, 0.1) is 6.10 Å². The van der Waals surface area contributed by atoms with Crippen molar-refractivity contribution in [3.63, 3.8) is 0 Å². The lowest BCUT2D eigenvalue weighted by Crippen LogP contribution is -2.14. The third-order valence-corrected chi connectivity index (χ3v) is 7.03. The van der Waals surface area contributed by atoms with Gasteiger partial charge in [-0.1, -0.05) is 155 Å². The molecule has 0 heterocycles. The Hall–Kier alpha value is -0.530. The van der Waals surface area contributed by atoms with Crippen LogP contribution >= 0.6 is 0 Å². The Kier molecular flexibility index (Phi) is 27.3. The zero-order valence-electron chi connectivity index (χ0n) is 23.3. The fourth-order valence-corrected chi connectivity index (χ4v) is 4.73. The number of esters is 1. The molecule has 0 aromatic heterocycles. The van der Waals surface area contributed by atoms with Crippen LogP contribution in [0.5, 0.6) is 0 Å². The summed E-state index contributed by atoms with van der Waals surface area (Å²) in [5, 5.41) is 0. The van der Waals surface area contributed by atoms with E-state index < -0.39 is 0 Å². The van der Waals surface area contributed by atoms with Crippen molar-refractivity contribution < 1.29 is 9.53 Å². The van der Waals surface area contributed by atoms with Crippen LogP contribution < -0.4 is 0 Å². The van der Waals surface area contributed by atoms with Gasteiger partial charge in [0.15, 0.2) is 0 Å². The van der Waals surface area contributed by atoms with Gasteiger partial charge in [0.2, 0.25) is 0 Å². The quantitative estimate of drug-likeness (QED) is 0.0888. The number of unbranched alkanes of at least 4 members (excludes halogenated alkanes) is 22. The molecule has 33 heavy (non-hydrogen) atoms. The van der Waals surface area contributed by atoms with Crippen LogP contribution in [-0.2, 0) is 9.53 Å². The van der Waals surface area contributed by atoms with E-state index in [4.69, 9.17) is 4.74 Å². The number of rotatable bonds is 27. The SMILES string of the molecule is CCCCCCCCCCCCCCCCCC(=O)OC(C)CCCCCCCCCCC. The van der Waals surface area contributed by atoms with Gasteiger partial charge >= 0.3 is 5.97 Å². The van der Waals surface area contributed by atoms with Crippen LogP contribution in [0, 0.1) is 0 Å². The Bertz CT molecular complexity index is 379. The van der Waals surface area contributed by atoms with E-state index in [1.807, 2.05) is 0 Å². The van der Waals surface area contributed by atoms with Crippen LogP contribution in [-0.4, -0.2) is 12.1 Å². The molecule has 0 spiro atoms. The second-order valence-electron chi connectivity index (χ2n) is 10.6. The van der Waals surface area contributed by atoms with Crippen LogP contribution in [0.1, 0.15) is 188 Å². The van der Waals surface area contributed by atoms with Crippen LogP contribution in [0.2, 0.25) is 0 Å². The summed E-state index contributed by atoms with van der Waals surface area (Å²) < 4.78 is 5.60. The van der Waals surface area contributed by atoms with E-state index in [1.54, 1.807) is 0 Å². The summed E-state index contributed by atoms with van der Waals surface area (Å²) in [6, 6.07) is 0. The molecule has 0 aromatic carbocycles. The van der Waals surface area contributed by atoms with Crippen LogP contribution in [0.3, 0.4) is 0 Å². The van der Waals surface area contributed by atoms with Gasteiger partial charge in [0.25, 0.3) is 0 Å². The first-order valence-corrected chi connectivity index (χ1v) is 15.4. The zero-order valence-corrected chi connectivity index (χ0v) is 23.3. The molecule has 0 amide bonds. The monoisotopic (exact) mass is 466 g/mol. The van der Waals surface area contributed by atoms with Crippen molar-refractivity contribution in [2.75, 3.05) is 0 Å². The fraction of sp³-hybridized carbons (Fsp3) is 0.968. The molecule has 0 N–H and O–H groups in total. The summed E-state index contributed by atoms with van der Waals surface area (Å²) in [6.07, 6.45) is 34.2. The van der Waals surface area contributed by atoms with Crippen molar-refractivity contribution in [2.24, 2.45) is 0 Å². The average molecular weight is 467 g/mol. The molecule has 1 unspecified atom stereocenters. The van der Waals surface area contributed by atoms with E-state index in [1.165, 1.54) is 148 Å². The normalized spacial score (nSPS) is 12.2. The van der Waals surface area contributed by atoms with E-state index >= 15 is 0 Å². The van der Waals surface area contributed by atoms with Crippen molar-refractivity contribution in [1.82, 2.24) is 0 Å². The molecule has 2 heteroatoms. The summed E-state index contributed by atoms with van der Waals surface area (Å²) in [4.78, 5) is 12.0. The predicted molar refractivity (Wildman–Crippen MR) is 147 cm³/mol. The number of carbonyl (C=O) groups is 1. The van der Waals surface area contributed by atoms with Crippen molar-refractivity contribution >= 4 is 5.97 Å². The highest BCUT2D eigenvalue weighted by Crippen LogP contribution is 2.15. The molecule has 2 nitrogen and oxygen atoms in total. The summed E-state index contributed by atoms with van der Waals surface area (Å²) in [6.45, 7) is 6.62. The molecule has 1 atom stereocenters. The van der Waals surface area contributed by atoms with Gasteiger partial charge in [0.1, 0.15) is 0 Å². The Labute approximate surface area is 209 Å². The zero-order chi connectivity index (χ0) is 24.2. The predicted octanol–water partition coefficient (Wildman–Crippen LogP) is 11.1. The lowest BCUT2D eigenvalue weighted by atomic mass is 10.0. The highest BCUT2D eigenvalue weighted by Gasteiger charge is 2.09. The Morgan fingerprint density at radius 2 is 0.788 bits per heavy atom. The minimum absolute atomic E-state index is 0.0214. The summed E-state index contributed by atoms with van der Waals surface area (Å²) in [7, 11) is 0. The van der Waals surface area contributed by atoms with Gasteiger partial charge in [-0.2, -0.15) is 0 Å². The highest BCUT2D eigenvalue weighted by atomic mass is 16.5. The van der Waals surface area contributed by atoms with Crippen LogP contribution in [0.25, 0.3) is 0 Å². The Balaban J connectivity index is 3.27. The van der Waals surface area contributed by atoms with Gasteiger partial charge in [-0.25, -0.2) is 0 Å². The molecule has 0 aliphatic rings. The smallest absolute Gasteiger partial charge is 0.306 e. The van der Waals surface area contributed by atoms with Crippen LogP contribution in [0.15, 0.2) is 0 Å². The maximum atomic E-state index is 12.0. The van der Waals surface area contributed by atoms with Gasteiger partial charge in [-0.15, -0.1) is 0 Å². The molecule has 198 valence electrons. The van der Waals surface area contributed by atoms with Crippen molar-refractivity contribution in [3.05, 3.63) is 0 Å². The van der Waals surface area contributed by atoms with Gasteiger partial charge < -0.3 is 4.74 Å². The van der Waals surface area contributed by atoms with Gasteiger partial charge in [-0.3, -0.25) is 4.79 Å². The third-order valence-electron chi connectivity index (χ3n) is 7.03. The summed E-state index contributed by atoms with van der Waals surface area (Å²) in [5.74, 6) is 0.0214. The molecule has 0 saturated carbocycles. The maximum Gasteiger partial charge on any atom is 0.306 e. The molecule has 0 fully saturated rings. The number of hydrogen-bond acceptors (Lipinski definition) is 2. The highest BCUT2D eigenvalue weighted by molar-refractivity contribution is 5.69. The largest absolute Gasteiger partial charge is 0.463 e. The van der Waals surface area contributed by atoms with Crippen LogP contribution in [0.4, 0.5) is 0 Å². The van der Waals surface area contributed by atoms with E-state index in [9.17, 15) is 4.79 Å². The maximum absolute atomic E-state index is 12.0. The van der Waals surface area contributed by atoms with Crippen molar-refractivity contribution in [2.45, 2.75) is 194 Å². The molecule has 0 saturated heterocycles. The molecular weight excluding hydrogens is 404 g/mol. The molecular formula is C31H62O2. The van der Waals surface area contributed by atoms with Gasteiger partial charge in [-0.05, 0) is 26.2 Å². The van der Waals surface area contributed by atoms with E-state index in [-0.39, 0.29) is 12.1 Å². The molecule has 0 aliphatic carbocycles. The second kappa shape index (κ2) is 27.7. The molecule has 0 radical (unpaired) electrons. The van der Waals surface area contributed by atoms with E-state index in [0.717, 1.165) is 12.8 Å². The third kappa shape index (κ3) is 27.6. The first-order chi connectivity index (χ1) is 16.2. The Morgan fingerprint density at radius 1 is 0.485 bits per heavy atom. The fourth-order valence-electron chi connectivity index (χ4n) is 4.73. The average Bonchev–Trinajstić information content (AvgIpc) is 2.80. The first-order valence-electron chi connectivity index (χ1n) is 15.4. The van der Waals surface area contributed by atoms with E-state index in [0.29, 0.717) is 6.42 Å². The molecule has 0 aromatic rings. The lowest BCUT2D eigenvalue weighted by molar-refractivity contribution is -0.148. The molecule has 0 aliphatic heterocycles.